The molecule has 0 bridgehead atoms. The van der Waals surface area contributed by atoms with E-state index in [1.807, 2.05) is 54.6 Å². The van der Waals surface area contributed by atoms with Gasteiger partial charge in [0.05, 0.1) is 12.8 Å². The normalized spacial score (nSPS) is 18.2. The highest BCUT2D eigenvalue weighted by Crippen LogP contribution is 2.33. The molecule has 1 saturated heterocycles. The van der Waals surface area contributed by atoms with Gasteiger partial charge in [0.15, 0.2) is 0 Å². The molecule has 0 saturated carbocycles. The molecule has 176 valence electrons. The Morgan fingerprint density at radius 1 is 1.03 bits per heavy atom. The first-order valence-electron chi connectivity index (χ1n) is 11.1. The van der Waals surface area contributed by atoms with Gasteiger partial charge in [-0.15, -0.1) is 0 Å². The third-order valence-electron chi connectivity index (χ3n) is 6.24. The summed E-state index contributed by atoms with van der Waals surface area (Å²) < 4.78 is 5.38. The minimum absolute atomic E-state index is 0.127. The first kappa shape index (κ1) is 23.3. The number of hydrogen-bond donors (Lipinski definition) is 2. The molecule has 0 spiro atoms. The molecule has 7 heteroatoms. The number of hydrogen-bond acceptors (Lipinski definition) is 4. The zero-order valence-corrected chi connectivity index (χ0v) is 20.1. The van der Waals surface area contributed by atoms with Crippen LogP contribution in [0.1, 0.15) is 38.8 Å². The van der Waals surface area contributed by atoms with Gasteiger partial charge in [0, 0.05) is 0 Å². The number of carbonyl (C=O) groups is 3. The predicted octanol–water partition coefficient (Wildman–Crippen LogP) is 4.55. The molecule has 1 aliphatic heterocycles. The average molecular weight is 460 g/mol. The minimum atomic E-state index is -1.26. The molecule has 3 aromatic carbocycles. The van der Waals surface area contributed by atoms with E-state index in [1.54, 1.807) is 13.0 Å². The van der Waals surface area contributed by atoms with Crippen molar-refractivity contribution in [3.05, 3.63) is 71.8 Å². The number of anilines is 1. The lowest BCUT2D eigenvalue weighted by molar-refractivity contribution is -0.133. The molecule has 34 heavy (non-hydrogen) atoms. The molecule has 2 N–H and O–H groups in total. The summed E-state index contributed by atoms with van der Waals surface area (Å²) in [5.41, 5.74) is 0.780. The van der Waals surface area contributed by atoms with Gasteiger partial charge in [-0.3, -0.25) is 14.5 Å². The number of amides is 4. The van der Waals surface area contributed by atoms with Crippen molar-refractivity contribution in [1.29, 1.82) is 0 Å². The number of ether oxygens (including phenoxy) is 1. The highest BCUT2D eigenvalue weighted by molar-refractivity contribution is 6.10. The highest BCUT2D eigenvalue weighted by Gasteiger charge is 2.49. The van der Waals surface area contributed by atoms with Crippen molar-refractivity contribution in [2.45, 2.75) is 38.6 Å². The summed E-state index contributed by atoms with van der Waals surface area (Å²) in [5.74, 6) is -0.464. The number of urea groups is 1. The van der Waals surface area contributed by atoms with Crippen LogP contribution in [0.3, 0.4) is 0 Å². The van der Waals surface area contributed by atoms with Crippen molar-refractivity contribution in [3.63, 3.8) is 0 Å². The second-order valence-electron chi connectivity index (χ2n) is 9.72. The maximum absolute atomic E-state index is 13.3. The first-order valence-corrected chi connectivity index (χ1v) is 11.1. The monoisotopic (exact) mass is 459 g/mol. The van der Waals surface area contributed by atoms with Crippen LogP contribution in [0.2, 0.25) is 0 Å². The van der Waals surface area contributed by atoms with Crippen molar-refractivity contribution >= 4 is 34.3 Å². The minimum Gasteiger partial charge on any atom is -0.495 e. The van der Waals surface area contributed by atoms with Gasteiger partial charge in [0.1, 0.15) is 17.8 Å². The lowest BCUT2D eigenvalue weighted by Gasteiger charge is -2.23. The lowest BCUT2D eigenvalue weighted by atomic mass is 9.87. The van der Waals surface area contributed by atoms with E-state index >= 15 is 0 Å². The Morgan fingerprint density at radius 3 is 2.41 bits per heavy atom. The summed E-state index contributed by atoms with van der Waals surface area (Å²) in [4.78, 5) is 39.9. The Balaban J connectivity index is 1.55. The van der Waals surface area contributed by atoms with Crippen molar-refractivity contribution in [3.8, 4) is 5.75 Å². The Bertz CT molecular complexity index is 1290. The summed E-state index contributed by atoms with van der Waals surface area (Å²) in [6, 6.07) is 18.4. The van der Waals surface area contributed by atoms with Crippen molar-refractivity contribution in [1.82, 2.24) is 10.2 Å². The van der Waals surface area contributed by atoms with Crippen LogP contribution in [0.4, 0.5) is 10.5 Å². The molecule has 0 radical (unpaired) electrons. The molecule has 0 aromatic heterocycles. The quantitative estimate of drug-likeness (QED) is 0.548. The standard InChI is InChI=1S/C27H29N3O4/c1-26(2,3)19-12-13-22(34-5)21(15-19)28-23(31)16-30-24(32)27(4,29-25(30)33)20-11-10-17-8-6-7-9-18(17)14-20/h6-15H,16H2,1-5H3,(H,28,31)(H,29,33). The van der Waals surface area contributed by atoms with Crippen molar-refractivity contribution < 1.29 is 19.1 Å². The fourth-order valence-electron chi connectivity index (χ4n) is 4.14. The summed E-state index contributed by atoms with van der Waals surface area (Å²) in [7, 11) is 1.52. The van der Waals surface area contributed by atoms with Crippen LogP contribution in [-0.4, -0.2) is 36.4 Å². The van der Waals surface area contributed by atoms with Crippen LogP contribution < -0.4 is 15.4 Å². The van der Waals surface area contributed by atoms with Gasteiger partial charge in [-0.25, -0.2) is 4.79 Å². The number of methoxy groups -OCH3 is 1. The van der Waals surface area contributed by atoms with Gasteiger partial charge in [-0.05, 0) is 52.4 Å². The number of benzene rings is 3. The topological polar surface area (TPSA) is 87.7 Å². The maximum Gasteiger partial charge on any atom is 0.325 e. The van der Waals surface area contributed by atoms with Crippen LogP contribution in [0.25, 0.3) is 10.8 Å². The smallest absolute Gasteiger partial charge is 0.325 e. The van der Waals surface area contributed by atoms with Crippen LogP contribution in [0, 0.1) is 0 Å². The Labute approximate surface area is 199 Å². The number of nitrogens with zero attached hydrogens (tertiary/aromatic N) is 1. The SMILES string of the molecule is COc1ccc(C(C)(C)C)cc1NC(=O)CN1C(=O)NC(C)(c2ccc3ccccc3c2)C1=O. The van der Waals surface area contributed by atoms with Gasteiger partial charge in [-0.1, -0.05) is 63.2 Å². The Hall–Kier alpha value is -3.87. The highest BCUT2D eigenvalue weighted by atomic mass is 16.5. The van der Waals surface area contributed by atoms with Gasteiger partial charge >= 0.3 is 6.03 Å². The molecule has 4 amide bonds. The molecule has 1 fully saturated rings. The van der Waals surface area contributed by atoms with Crippen LogP contribution in [-0.2, 0) is 20.5 Å². The summed E-state index contributed by atoms with van der Waals surface area (Å²) in [6.07, 6.45) is 0. The number of carbonyl (C=O) groups excluding carboxylic acids is 3. The zero-order chi connectivity index (χ0) is 24.7. The largest absolute Gasteiger partial charge is 0.495 e. The molecule has 1 heterocycles. The second kappa shape index (κ2) is 8.48. The predicted molar refractivity (Wildman–Crippen MR) is 132 cm³/mol. The number of fused-ring (bicyclic) bond motifs is 1. The first-order chi connectivity index (χ1) is 16.0. The number of rotatable bonds is 5. The molecular weight excluding hydrogens is 430 g/mol. The lowest BCUT2D eigenvalue weighted by Crippen LogP contribution is -2.42. The number of nitrogens with one attached hydrogen (secondary N) is 2. The van der Waals surface area contributed by atoms with Gasteiger partial charge < -0.3 is 15.4 Å². The average Bonchev–Trinajstić information content (AvgIpc) is 3.02. The van der Waals surface area contributed by atoms with E-state index in [9.17, 15) is 14.4 Å². The van der Waals surface area contributed by atoms with Crippen LogP contribution in [0.5, 0.6) is 5.75 Å². The van der Waals surface area contributed by atoms with Gasteiger partial charge in [-0.2, -0.15) is 0 Å². The molecule has 4 rings (SSSR count). The molecule has 0 aliphatic carbocycles. The van der Waals surface area contributed by atoms with E-state index in [-0.39, 0.29) is 5.41 Å². The molecule has 1 unspecified atom stereocenters. The Morgan fingerprint density at radius 2 is 1.74 bits per heavy atom. The summed E-state index contributed by atoms with van der Waals surface area (Å²) >= 11 is 0. The molecule has 1 aliphatic rings. The Kier molecular flexibility index (Phi) is 5.81. The molecule has 1 atom stereocenters. The van der Waals surface area contributed by atoms with Crippen LogP contribution >= 0.6 is 0 Å². The van der Waals surface area contributed by atoms with E-state index < -0.39 is 29.9 Å². The van der Waals surface area contributed by atoms with Gasteiger partial charge in [0.25, 0.3) is 5.91 Å². The van der Waals surface area contributed by atoms with E-state index in [0.29, 0.717) is 17.0 Å². The third kappa shape index (κ3) is 4.21. The van der Waals surface area contributed by atoms with E-state index in [2.05, 4.69) is 31.4 Å². The van der Waals surface area contributed by atoms with E-state index in [0.717, 1.165) is 21.2 Å². The fourth-order valence-corrected chi connectivity index (χ4v) is 4.14. The third-order valence-corrected chi connectivity index (χ3v) is 6.24. The number of imide groups is 1. The fraction of sp³-hybridized carbons (Fsp3) is 0.296. The van der Waals surface area contributed by atoms with Crippen molar-refractivity contribution in [2.24, 2.45) is 0 Å². The van der Waals surface area contributed by atoms with Gasteiger partial charge in [0.2, 0.25) is 5.91 Å². The van der Waals surface area contributed by atoms with E-state index in [4.69, 9.17) is 4.74 Å². The van der Waals surface area contributed by atoms with Crippen molar-refractivity contribution in [2.75, 3.05) is 19.0 Å². The molecular formula is C27H29N3O4. The molecule has 3 aromatic rings. The zero-order valence-electron chi connectivity index (χ0n) is 20.1. The summed E-state index contributed by atoms with van der Waals surface area (Å²) in [5, 5.41) is 7.56. The molecule has 7 nitrogen and oxygen atoms in total. The maximum atomic E-state index is 13.3. The second-order valence-corrected chi connectivity index (χ2v) is 9.72. The van der Waals surface area contributed by atoms with E-state index in [1.165, 1.54) is 7.11 Å². The summed E-state index contributed by atoms with van der Waals surface area (Å²) in [6.45, 7) is 7.46. The van der Waals surface area contributed by atoms with Crippen LogP contribution in [0.15, 0.2) is 60.7 Å².